The van der Waals surface area contributed by atoms with E-state index in [-0.39, 0.29) is 5.82 Å². The van der Waals surface area contributed by atoms with Gasteiger partial charge in [-0.2, -0.15) is 0 Å². The number of hydrogen-bond donors (Lipinski definition) is 2. The van der Waals surface area contributed by atoms with Crippen LogP contribution in [0.1, 0.15) is 12.0 Å². The molecule has 0 aliphatic carbocycles. The minimum Gasteiger partial charge on any atom is -0.399 e. The van der Waals surface area contributed by atoms with E-state index in [4.69, 9.17) is 5.73 Å². The monoisotopic (exact) mass is 192 g/mol. The Morgan fingerprint density at radius 1 is 1.36 bits per heavy atom. The van der Waals surface area contributed by atoms with Crippen molar-refractivity contribution < 1.29 is 4.39 Å². The van der Waals surface area contributed by atoms with Crippen LogP contribution in [-0.2, 0) is 0 Å². The average Bonchev–Trinajstić information content (AvgIpc) is 2.19. The maximum Gasteiger partial charge on any atom is 0.132 e. The number of nitrogens with two attached hydrogens (primary N) is 1. The molecular formula is C11H13FN2. The molecular weight excluding hydrogens is 179 g/mol. The van der Waals surface area contributed by atoms with Gasteiger partial charge in [0.1, 0.15) is 5.82 Å². The Kier molecular flexibility index (Phi) is 2.50. The normalized spacial score (nSPS) is 16.5. The summed E-state index contributed by atoms with van der Waals surface area (Å²) in [6, 6.07) is 4.86. The maximum atomic E-state index is 13.5. The van der Waals surface area contributed by atoms with Gasteiger partial charge in [0.2, 0.25) is 0 Å². The topological polar surface area (TPSA) is 38.0 Å². The van der Waals surface area contributed by atoms with Crippen LogP contribution in [0.3, 0.4) is 0 Å². The average molecular weight is 192 g/mol. The molecule has 0 spiro atoms. The molecule has 0 aromatic heterocycles. The summed E-state index contributed by atoms with van der Waals surface area (Å²) in [4.78, 5) is 0. The molecule has 0 unspecified atom stereocenters. The summed E-state index contributed by atoms with van der Waals surface area (Å²) in [5, 5.41) is 3.19. The van der Waals surface area contributed by atoms with E-state index in [1.807, 2.05) is 6.08 Å². The molecule has 0 bridgehead atoms. The van der Waals surface area contributed by atoms with E-state index in [1.54, 1.807) is 12.1 Å². The zero-order valence-corrected chi connectivity index (χ0v) is 7.89. The highest BCUT2D eigenvalue weighted by molar-refractivity contribution is 5.68. The van der Waals surface area contributed by atoms with E-state index in [9.17, 15) is 4.39 Å². The summed E-state index contributed by atoms with van der Waals surface area (Å²) in [7, 11) is 0. The molecule has 14 heavy (non-hydrogen) atoms. The molecule has 0 radical (unpaired) electrons. The summed E-state index contributed by atoms with van der Waals surface area (Å²) >= 11 is 0. The molecule has 1 aromatic carbocycles. The smallest absolute Gasteiger partial charge is 0.132 e. The Hall–Kier alpha value is -1.35. The molecule has 2 nitrogen and oxygen atoms in total. The van der Waals surface area contributed by atoms with Crippen molar-refractivity contribution in [2.24, 2.45) is 0 Å². The van der Waals surface area contributed by atoms with Crippen molar-refractivity contribution in [2.45, 2.75) is 6.42 Å². The zero-order valence-electron chi connectivity index (χ0n) is 7.89. The Morgan fingerprint density at radius 2 is 2.21 bits per heavy atom. The van der Waals surface area contributed by atoms with Gasteiger partial charge in [-0.05, 0) is 36.7 Å². The molecule has 0 saturated heterocycles. The first kappa shape index (κ1) is 9.21. The van der Waals surface area contributed by atoms with Crippen LogP contribution in [0.4, 0.5) is 10.1 Å². The van der Waals surface area contributed by atoms with E-state index in [2.05, 4.69) is 5.32 Å². The fraction of sp³-hybridized carbons (Fsp3) is 0.273. The van der Waals surface area contributed by atoms with Gasteiger partial charge in [-0.15, -0.1) is 0 Å². The van der Waals surface area contributed by atoms with Crippen LogP contribution < -0.4 is 11.1 Å². The molecule has 3 heteroatoms. The molecule has 1 aromatic rings. The van der Waals surface area contributed by atoms with Gasteiger partial charge in [-0.3, -0.25) is 0 Å². The van der Waals surface area contributed by atoms with Crippen molar-refractivity contribution in [3.8, 4) is 0 Å². The summed E-state index contributed by atoms with van der Waals surface area (Å²) in [5.74, 6) is -0.224. The van der Waals surface area contributed by atoms with Gasteiger partial charge < -0.3 is 11.1 Å². The first-order valence-corrected chi connectivity index (χ1v) is 4.72. The Balaban J connectivity index is 2.35. The van der Waals surface area contributed by atoms with Crippen molar-refractivity contribution in [1.82, 2.24) is 5.32 Å². The Morgan fingerprint density at radius 3 is 2.86 bits per heavy atom. The second-order valence-corrected chi connectivity index (χ2v) is 3.42. The molecule has 0 saturated carbocycles. The standard InChI is InChI=1S/C11H13FN2/c12-11-7-9(13)1-2-10(11)8-3-5-14-6-4-8/h1-3,7,14H,4-6,13H2. The van der Waals surface area contributed by atoms with Gasteiger partial charge in [0.15, 0.2) is 0 Å². The number of rotatable bonds is 1. The van der Waals surface area contributed by atoms with Gasteiger partial charge in [0.05, 0.1) is 0 Å². The molecule has 1 heterocycles. The third-order valence-corrected chi connectivity index (χ3v) is 2.40. The van der Waals surface area contributed by atoms with Crippen molar-refractivity contribution in [2.75, 3.05) is 18.8 Å². The van der Waals surface area contributed by atoms with Crippen LogP contribution in [0, 0.1) is 5.82 Å². The van der Waals surface area contributed by atoms with Gasteiger partial charge >= 0.3 is 0 Å². The number of halogens is 1. The lowest BCUT2D eigenvalue weighted by Gasteiger charge is -2.14. The molecule has 74 valence electrons. The third-order valence-electron chi connectivity index (χ3n) is 2.40. The summed E-state index contributed by atoms with van der Waals surface area (Å²) in [6.07, 6.45) is 2.90. The second kappa shape index (κ2) is 3.80. The lowest BCUT2D eigenvalue weighted by molar-refractivity contribution is 0.621. The molecule has 0 fully saturated rings. The predicted octanol–water partition coefficient (Wildman–Crippen LogP) is 1.78. The van der Waals surface area contributed by atoms with Crippen LogP contribution >= 0.6 is 0 Å². The largest absolute Gasteiger partial charge is 0.399 e. The summed E-state index contributed by atoms with van der Waals surface area (Å²) < 4.78 is 13.5. The maximum absolute atomic E-state index is 13.5. The number of benzene rings is 1. The van der Waals surface area contributed by atoms with E-state index in [0.29, 0.717) is 11.3 Å². The summed E-state index contributed by atoms with van der Waals surface area (Å²) in [6.45, 7) is 1.73. The molecule has 0 atom stereocenters. The fourth-order valence-corrected chi connectivity index (χ4v) is 1.66. The number of nitrogens with one attached hydrogen (secondary N) is 1. The highest BCUT2D eigenvalue weighted by atomic mass is 19.1. The first-order chi connectivity index (χ1) is 6.77. The second-order valence-electron chi connectivity index (χ2n) is 3.42. The van der Waals surface area contributed by atoms with Crippen molar-refractivity contribution in [3.05, 3.63) is 35.7 Å². The Bertz CT molecular complexity index is 372. The quantitative estimate of drug-likeness (QED) is 0.666. The van der Waals surface area contributed by atoms with Crippen LogP contribution in [0.15, 0.2) is 24.3 Å². The number of hydrogen-bond acceptors (Lipinski definition) is 2. The molecule has 1 aliphatic heterocycles. The van der Waals surface area contributed by atoms with E-state index in [0.717, 1.165) is 25.1 Å². The number of nitrogen functional groups attached to an aromatic ring is 1. The van der Waals surface area contributed by atoms with Crippen molar-refractivity contribution >= 4 is 11.3 Å². The fourth-order valence-electron chi connectivity index (χ4n) is 1.66. The lowest BCUT2D eigenvalue weighted by Crippen LogP contribution is -2.20. The van der Waals surface area contributed by atoms with Gasteiger partial charge in [0.25, 0.3) is 0 Å². The van der Waals surface area contributed by atoms with Crippen molar-refractivity contribution in [1.29, 1.82) is 0 Å². The minimum atomic E-state index is -0.224. The Labute approximate surface area is 82.6 Å². The molecule has 0 amide bonds. The van der Waals surface area contributed by atoms with E-state index < -0.39 is 0 Å². The third kappa shape index (κ3) is 1.77. The minimum absolute atomic E-state index is 0.224. The lowest BCUT2D eigenvalue weighted by atomic mass is 9.99. The van der Waals surface area contributed by atoms with Crippen LogP contribution in [0.5, 0.6) is 0 Å². The van der Waals surface area contributed by atoms with Gasteiger partial charge in [-0.25, -0.2) is 4.39 Å². The van der Waals surface area contributed by atoms with Gasteiger partial charge in [-0.1, -0.05) is 6.08 Å². The first-order valence-electron chi connectivity index (χ1n) is 4.72. The molecule has 1 aliphatic rings. The zero-order chi connectivity index (χ0) is 9.97. The van der Waals surface area contributed by atoms with Gasteiger partial charge in [0, 0.05) is 17.8 Å². The van der Waals surface area contributed by atoms with Crippen LogP contribution in [0.25, 0.3) is 5.57 Å². The predicted molar refractivity (Wildman–Crippen MR) is 56.3 cm³/mol. The summed E-state index contributed by atoms with van der Waals surface area (Å²) in [5.41, 5.74) is 7.71. The van der Waals surface area contributed by atoms with E-state index >= 15 is 0 Å². The highest BCUT2D eigenvalue weighted by Crippen LogP contribution is 2.23. The van der Waals surface area contributed by atoms with Crippen LogP contribution in [-0.4, -0.2) is 13.1 Å². The van der Waals surface area contributed by atoms with E-state index in [1.165, 1.54) is 6.07 Å². The van der Waals surface area contributed by atoms with Crippen molar-refractivity contribution in [3.63, 3.8) is 0 Å². The molecule has 3 N–H and O–H groups in total. The van der Waals surface area contributed by atoms with Crippen LogP contribution in [0.2, 0.25) is 0 Å². The highest BCUT2D eigenvalue weighted by Gasteiger charge is 2.10. The number of anilines is 1. The SMILES string of the molecule is Nc1ccc(C2=CCNCC2)c(F)c1. The molecule has 2 rings (SSSR count).